The summed E-state index contributed by atoms with van der Waals surface area (Å²) in [5, 5.41) is 9.77. The summed E-state index contributed by atoms with van der Waals surface area (Å²) >= 11 is 0. The molecule has 30 heavy (non-hydrogen) atoms. The van der Waals surface area contributed by atoms with Crippen LogP contribution in [0.3, 0.4) is 0 Å². The van der Waals surface area contributed by atoms with Crippen LogP contribution in [0.25, 0.3) is 0 Å². The van der Waals surface area contributed by atoms with E-state index >= 15 is 0 Å². The lowest BCUT2D eigenvalue weighted by Crippen LogP contribution is -2.49. The van der Waals surface area contributed by atoms with Crippen LogP contribution < -0.4 is 10.2 Å². The van der Waals surface area contributed by atoms with E-state index < -0.39 is 11.9 Å². The minimum absolute atomic E-state index is 0.0390. The third kappa shape index (κ3) is 3.04. The van der Waals surface area contributed by atoms with Crippen molar-refractivity contribution in [1.29, 1.82) is 0 Å². The Hall–Kier alpha value is -3.55. The minimum atomic E-state index is -0.632. The predicted octanol–water partition coefficient (Wildman–Crippen LogP) is 1.91. The number of pyridine rings is 1. The summed E-state index contributed by atoms with van der Waals surface area (Å²) < 4.78 is 0. The molecule has 8 heteroatoms. The fraction of sp³-hybridized carbons (Fsp3) is 0.318. The Morgan fingerprint density at radius 1 is 1.20 bits per heavy atom. The summed E-state index contributed by atoms with van der Waals surface area (Å²) in [6.07, 6.45) is 2.24. The third-order valence-electron chi connectivity index (χ3n) is 6.16. The predicted molar refractivity (Wildman–Crippen MR) is 110 cm³/mol. The number of H-pyrrole nitrogens is 1. The highest BCUT2D eigenvalue weighted by Gasteiger charge is 2.58. The van der Waals surface area contributed by atoms with Crippen LogP contribution in [0.1, 0.15) is 40.4 Å². The average molecular weight is 402 g/mol. The molecule has 1 unspecified atom stereocenters. The van der Waals surface area contributed by atoms with Gasteiger partial charge in [-0.05, 0) is 34.9 Å². The second-order valence-electron chi connectivity index (χ2n) is 7.99. The number of fused-ring (bicyclic) bond motifs is 3. The highest BCUT2D eigenvalue weighted by atomic mass is 16.2. The average Bonchev–Trinajstić information content (AvgIpc) is 3.21. The molecule has 1 fully saturated rings. The number of rotatable bonds is 4. The summed E-state index contributed by atoms with van der Waals surface area (Å²) in [6.45, 7) is 2.11. The quantitative estimate of drug-likeness (QED) is 0.694. The van der Waals surface area contributed by atoms with Gasteiger partial charge in [-0.1, -0.05) is 43.3 Å². The molecule has 2 aromatic heterocycles. The number of anilines is 1. The van der Waals surface area contributed by atoms with Crippen molar-refractivity contribution in [3.8, 4) is 0 Å². The van der Waals surface area contributed by atoms with Gasteiger partial charge in [0, 0.05) is 19.7 Å². The Bertz CT molecular complexity index is 1110. The van der Waals surface area contributed by atoms with E-state index in [4.69, 9.17) is 0 Å². The number of benzene rings is 1. The summed E-state index contributed by atoms with van der Waals surface area (Å²) in [7, 11) is 1.70. The molecule has 1 aromatic carbocycles. The fourth-order valence-electron chi connectivity index (χ4n) is 4.55. The number of likely N-dealkylation sites (N-methyl/N-ethyl adjacent to an activating group) is 1. The van der Waals surface area contributed by atoms with Crippen LogP contribution in [0.15, 0.2) is 48.7 Å². The highest BCUT2D eigenvalue weighted by molar-refractivity contribution is 6.02. The number of amides is 2. The molecule has 0 bridgehead atoms. The van der Waals surface area contributed by atoms with Crippen LogP contribution in [-0.4, -0.2) is 45.1 Å². The monoisotopic (exact) mass is 402 g/mol. The van der Waals surface area contributed by atoms with Gasteiger partial charge in [-0.2, -0.15) is 0 Å². The summed E-state index contributed by atoms with van der Waals surface area (Å²) in [5.74, 6) is 1.23. The molecule has 2 N–H and O–H groups in total. The Balaban J connectivity index is 1.35. The molecule has 4 atom stereocenters. The first-order valence-electron chi connectivity index (χ1n) is 10.0. The van der Waals surface area contributed by atoms with E-state index in [1.54, 1.807) is 13.2 Å². The van der Waals surface area contributed by atoms with E-state index in [-0.39, 0.29) is 29.5 Å². The van der Waals surface area contributed by atoms with Gasteiger partial charge in [0.2, 0.25) is 5.82 Å². The summed E-state index contributed by atoms with van der Waals surface area (Å²) in [5.41, 5.74) is 2.13. The topological polar surface area (TPSA) is 104 Å². The molecule has 2 aliphatic rings. The number of nitrogens with one attached hydrogen (secondary N) is 2. The summed E-state index contributed by atoms with van der Waals surface area (Å²) in [6, 6.07) is 13.1. The van der Waals surface area contributed by atoms with Gasteiger partial charge < -0.3 is 5.32 Å². The lowest BCUT2D eigenvalue weighted by Gasteiger charge is -2.23. The van der Waals surface area contributed by atoms with E-state index in [0.29, 0.717) is 18.1 Å². The number of hydrogen-bond donors (Lipinski definition) is 2. The van der Waals surface area contributed by atoms with Crippen LogP contribution in [0.4, 0.5) is 5.82 Å². The maximum absolute atomic E-state index is 13.1. The maximum atomic E-state index is 13.1. The van der Waals surface area contributed by atoms with Crippen molar-refractivity contribution in [3.63, 3.8) is 0 Å². The van der Waals surface area contributed by atoms with Gasteiger partial charge >= 0.3 is 0 Å². The molecule has 5 rings (SSSR count). The zero-order valence-electron chi connectivity index (χ0n) is 16.7. The molecule has 1 aliphatic heterocycles. The molecule has 8 nitrogen and oxygen atoms in total. The van der Waals surface area contributed by atoms with Crippen LogP contribution in [0.2, 0.25) is 0 Å². The second kappa shape index (κ2) is 7.05. The van der Waals surface area contributed by atoms with Crippen molar-refractivity contribution in [2.75, 3.05) is 11.9 Å². The number of hydrogen-bond acceptors (Lipinski definition) is 5. The van der Waals surface area contributed by atoms with E-state index in [9.17, 15) is 9.59 Å². The van der Waals surface area contributed by atoms with Gasteiger partial charge in [0.1, 0.15) is 17.7 Å². The van der Waals surface area contributed by atoms with Gasteiger partial charge in [-0.25, -0.2) is 9.97 Å². The van der Waals surface area contributed by atoms with Crippen LogP contribution in [-0.2, 0) is 11.2 Å². The summed E-state index contributed by atoms with van der Waals surface area (Å²) in [4.78, 5) is 36.2. The Labute approximate surface area is 173 Å². The second-order valence-corrected chi connectivity index (χ2v) is 7.99. The first-order chi connectivity index (χ1) is 14.5. The number of carbonyl (C=O) groups is 2. The van der Waals surface area contributed by atoms with Crippen LogP contribution in [0.5, 0.6) is 0 Å². The normalized spacial score (nSPS) is 24.6. The first kappa shape index (κ1) is 18.5. The van der Waals surface area contributed by atoms with E-state index in [1.165, 1.54) is 4.90 Å². The Morgan fingerprint density at radius 3 is 2.80 bits per heavy atom. The highest BCUT2D eigenvalue weighted by Crippen LogP contribution is 2.58. The SMILES string of the molecule is C[C@@H]1C2[C@H](NC(=O)c3n[nH]c(Cc4ccccc4)n3)C(=O)N(C)c3ncccc3[C@@H]21. The molecule has 152 valence electrons. The van der Waals surface area contributed by atoms with Gasteiger partial charge in [-0.3, -0.25) is 19.6 Å². The third-order valence-corrected chi connectivity index (χ3v) is 6.16. The number of aromatic amines is 1. The first-order valence-corrected chi connectivity index (χ1v) is 10.0. The Morgan fingerprint density at radius 2 is 2.00 bits per heavy atom. The van der Waals surface area contributed by atoms with Crippen molar-refractivity contribution in [2.45, 2.75) is 25.3 Å². The maximum Gasteiger partial charge on any atom is 0.291 e. The van der Waals surface area contributed by atoms with Gasteiger partial charge in [0.05, 0.1) is 0 Å². The number of nitrogens with zero attached hydrogens (tertiary/aromatic N) is 4. The Kier molecular flexibility index (Phi) is 4.34. The van der Waals surface area contributed by atoms with Crippen molar-refractivity contribution in [1.82, 2.24) is 25.5 Å². The smallest absolute Gasteiger partial charge is 0.291 e. The van der Waals surface area contributed by atoms with E-state index in [2.05, 4.69) is 32.4 Å². The van der Waals surface area contributed by atoms with Gasteiger partial charge in [0.25, 0.3) is 11.8 Å². The van der Waals surface area contributed by atoms with Crippen molar-refractivity contribution in [2.24, 2.45) is 11.8 Å². The van der Waals surface area contributed by atoms with Crippen LogP contribution in [0, 0.1) is 11.8 Å². The fourth-order valence-corrected chi connectivity index (χ4v) is 4.55. The minimum Gasteiger partial charge on any atom is -0.337 e. The standard InChI is InChI=1S/C22H22N6O2/c1-12-16-14-9-6-10-23-20(14)28(2)22(30)18(17(12)16)25-21(29)19-24-15(26-27-19)11-13-7-4-3-5-8-13/h3-10,12,16-18H,11H2,1-2H3,(H,25,29)(H,24,26,27)/t12-,16-,17?,18-/m0/s1. The lowest BCUT2D eigenvalue weighted by atomic mass is 10.1. The molecule has 0 radical (unpaired) electrons. The number of carbonyl (C=O) groups excluding carboxylic acids is 2. The molecular weight excluding hydrogens is 380 g/mol. The zero-order valence-corrected chi connectivity index (χ0v) is 16.7. The van der Waals surface area contributed by atoms with E-state index in [0.717, 1.165) is 11.1 Å². The van der Waals surface area contributed by atoms with Crippen molar-refractivity contribution < 1.29 is 9.59 Å². The van der Waals surface area contributed by atoms with Gasteiger partial charge in [0.15, 0.2) is 0 Å². The molecule has 1 saturated carbocycles. The molecule has 3 aromatic rings. The number of aromatic nitrogens is 4. The molecule has 0 saturated heterocycles. The van der Waals surface area contributed by atoms with Crippen LogP contribution >= 0.6 is 0 Å². The largest absolute Gasteiger partial charge is 0.337 e. The van der Waals surface area contributed by atoms with Crippen molar-refractivity contribution in [3.05, 3.63) is 71.4 Å². The molecule has 2 amide bonds. The molecule has 0 spiro atoms. The molecule has 3 heterocycles. The molecular formula is C22H22N6O2. The lowest BCUT2D eigenvalue weighted by molar-refractivity contribution is -0.120. The van der Waals surface area contributed by atoms with Gasteiger partial charge in [-0.15, -0.1) is 5.10 Å². The zero-order chi connectivity index (χ0) is 20.8. The van der Waals surface area contributed by atoms with Crippen molar-refractivity contribution >= 4 is 17.6 Å². The van der Waals surface area contributed by atoms with E-state index in [1.807, 2.05) is 42.5 Å². The molecule has 1 aliphatic carbocycles.